The van der Waals surface area contributed by atoms with Crippen LogP contribution in [0.25, 0.3) is 16.8 Å². The molecular formula is C48H50ClN7O3. The van der Waals surface area contributed by atoms with Crippen molar-refractivity contribution < 1.29 is 14.3 Å². The molecule has 2 fully saturated rings. The summed E-state index contributed by atoms with van der Waals surface area (Å²) >= 11 is 6.79. The molecule has 0 N–H and O–H groups in total. The minimum absolute atomic E-state index is 0.156. The van der Waals surface area contributed by atoms with Crippen LogP contribution in [0.1, 0.15) is 47.2 Å². The maximum Gasteiger partial charge on any atom is 0.318 e. The predicted octanol–water partition coefficient (Wildman–Crippen LogP) is 8.27. The number of piperazine rings is 1. The van der Waals surface area contributed by atoms with Gasteiger partial charge in [-0.1, -0.05) is 85.4 Å². The van der Waals surface area contributed by atoms with Crippen molar-refractivity contribution in [3.05, 3.63) is 137 Å². The zero-order valence-electron chi connectivity index (χ0n) is 33.4. The Kier molecular flexibility index (Phi) is 12.4. The minimum Gasteiger partial charge on any atom is -0.489 e. The summed E-state index contributed by atoms with van der Waals surface area (Å²) in [5.74, 6) is 1.53. The lowest BCUT2D eigenvalue weighted by Crippen LogP contribution is -2.55. The number of amides is 1. The Morgan fingerprint density at radius 2 is 1.75 bits per heavy atom. The molecule has 1 amide bonds. The molecule has 8 rings (SSSR count). The van der Waals surface area contributed by atoms with Crippen molar-refractivity contribution in [2.75, 3.05) is 55.7 Å². The van der Waals surface area contributed by atoms with Crippen molar-refractivity contribution in [3.63, 3.8) is 0 Å². The summed E-state index contributed by atoms with van der Waals surface area (Å²) in [6, 6.07) is 31.6. The van der Waals surface area contributed by atoms with Crippen molar-refractivity contribution >= 4 is 45.9 Å². The van der Waals surface area contributed by atoms with E-state index in [1.807, 2.05) is 30.3 Å². The summed E-state index contributed by atoms with van der Waals surface area (Å²) < 4.78 is 12.6. The fourth-order valence-electron chi connectivity index (χ4n) is 8.75. The first-order valence-electron chi connectivity index (χ1n) is 20.6. The van der Waals surface area contributed by atoms with E-state index < -0.39 is 0 Å². The highest BCUT2D eigenvalue weighted by molar-refractivity contribution is 6.36. The second-order valence-electron chi connectivity index (χ2n) is 15.5. The van der Waals surface area contributed by atoms with Crippen LogP contribution in [-0.4, -0.2) is 83.6 Å². The van der Waals surface area contributed by atoms with Gasteiger partial charge < -0.3 is 24.2 Å². The van der Waals surface area contributed by atoms with Crippen LogP contribution in [0.2, 0.25) is 5.02 Å². The van der Waals surface area contributed by atoms with Crippen molar-refractivity contribution in [1.29, 1.82) is 5.26 Å². The van der Waals surface area contributed by atoms with Gasteiger partial charge in [-0.25, -0.2) is 0 Å². The molecule has 10 nitrogen and oxygen atoms in total. The number of benzene rings is 4. The minimum atomic E-state index is -0.275. The van der Waals surface area contributed by atoms with Crippen molar-refractivity contribution in [2.24, 2.45) is 0 Å². The van der Waals surface area contributed by atoms with Crippen molar-refractivity contribution in [2.45, 2.75) is 57.3 Å². The molecule has 0 saturated carbocycles. The Bertz CT molecular complexity index is 2360. The highest BCUT2D eigenvalue weighted by Crippen LogP contribution is 2.37. The van der Waals surface area contributed by atoms with Gasteiger partial charge in [0.2, 0.25) is 5.91 Å². The molecule has 3 aliphatic heterocycles. The summed E-state index contributed by atoms with van der Waals surface area (Å²) in [5.41, 5.74) is 6.54. The Morgan fingerprint density at radius 3 is 2.56 bits per heavy atom. The van der Waals surface area contributed by atoms with E-state index in [1.165, 1.54) is 11.6 Å². The van der Waals surface area contributed by atoms with Crippen LogP contribution in [0.4, 0.5) is 11.5 Å². The average molecular weight is 808 g/mol. The fraction of sp³-hybridized carbons (Fsp3) is 0.333. The number of halogens is 1. The number of anilines is 2. The summed E-state index contributed by atoms with van der Waals surface area (Å²) in [6.07, 6.45) is 7.21. The molecule has 4 heterocycles. The number of hydrogen-bond donors (Lipinski definition) is 0. The van der Waals surface area contributed by atoms with Gasteiger partial charge in [0.25, 0.3) is 0 Å². The second-order valence-corrected chi connectivity index (χ2v) is 15.9. The number of rotatable bonds is 14. The summed E-state index contributed by atoms with van der Waals surface area (Å²) in [7, 11) is 0. The van der Waals surface area contributed by atoms with E-state index in [0.29, 0.717) is 45.4 Å². The quantitative estimate of drug-likeness (QED) is 0.103. The first-order valence-corrected chi connectivity index (χ1v) is 21.0. The first kappa shape index (κ1) is 39.9. The molecular weight excluding hydrogens is 758 g/mol. The average Bonchev–Trinajstić information content (AvgIpc) is 3.74. The topological polar surface area (TPSA) is 98.1 Å². The van der Waals surface area contributed by atoms with Gasteiger partial charge in [-0.15, -0.1) is 0 Å². The molecule has 3 aliphatic rings. The monoisotopic (exact) mass is 807 g/mol. The number of carbonyl (C=O) groups is 1. The number of nitriles is 1. The van der Waals surface area contributed by atoms with E-state index in [2.05, 4.69) is 94.6 Å². The third kappa shape index (κ3) is 9.07. The van der Waals surface area contributed by atoms with E-state index >= 15 is 0 Å². The zero-order valence-corrected chi connectivity index (χ0v) is 34.2. The third-order valence-electron chi connectivity index (χ3n) is 11.9. The lowest BCUT2D eigenvalue weighted by atomic mass is 10.0. The van der Waals surface area contributed by atoms with E-state index in [0.717, 1.165) is 101 Å². The molecule has 2 saturated heterocycles. The molecule has 2 atom stereocenters. The largest absolute Gasteiger partial charge is 0.489 e. The molecule has 0 unspecified atom stereocenters. The maximum absolute atomic E-state index is 12.7. The van der Waals surface area contributed by atoms with Crippen LogP contribution in [0, 0.1) is 11.3 Å². The lowest BCUT2D eigenvalue weighted by molar-refractivity contribution is -0.128. The summed E-state index contributed by atoms with van der Waals surface area (Å²) in [6.45, 7) is 13.4. The van der Waals surface area contributed by atoms with Crippen LogP contribution in [0.15, 0.2) is 104 Å². The van der Waals surface area contributed by atoms with Crippen LogP contribution in [0.5, 0.6) is 11.8 Å². The molecule has 11 heteroatoms. The number of fused-ring (bicyclic) bond motifs is 2. The van der Waals surface area contributed by atoms with E-state index in [9.17, 15) is 10.1 Å². The van der Waals surface area contributed by atoms with E-state index in [1.54, 1.807) is 4.90 Å². The number of ether oxygens (including phenoxy) is 2. The van der Waals surface area contributed by atoms with Gasteiger partial charge >= 0.3 is 6.01 Å². The second kappa shape index (κ2) is 18.4. The van der Waals surface area contributed by atoms with E-state index in [4.69, 9.17) is 31.0 Å². The van der Waals surface area contributed by atoms with Gasteiger partial charge in [0.1, 0.15) is 24.8 Å². The van der Waals surface area contributed by atoms with Gasteiger partial charge in [-0.2, -0.15) is 15.2 Å². The van der Waals surface area contributed by atoms with Crippen LogP contribution >= 0.6 is 11.6 Å². The molecule has 5 aromatic rings. The van der Waals surface area contributed by atoms with Crippen LogP contribution in [-0.2, 0) is 30.8 Å². The Balaban J connectivity index is 0.972. The van der Waals surface area contributed by atoms with Gasteiger partial charge in [-0.05, 0) is 90.7 Å². The smallest absolute Gasteiger partial charge is 0.318 e. The van der Waals surface area contributed by atoms with Gasteiger partial charge in [0, 0.05) is 55.4 Å². The number of aromatic nitrogens is 2. The predicted molar refractivity (Wildman–Crippen MR) is 235 cm³/mol. The standard InChI is InChI=1S/C48H50ClN7O3/c1-3-34-9-5-10-36(29-34)32-58-40-18-16-35(17-19-40)21-25-53-24-8-13-39(53)33-59-48-51-43-31-54(44-15-7-12-37-11-6-14-42(49)46(37)44)26-22-41(43)47(52-48)55-27-28-56(45(57)4-2)38(30-55)20-23-50/h3-7,9-12,14-19,29,38-39H,1-2,8,13,20-22,24-28,30-33H2/t38-,39-/m0/s1. The normalized spacial score (nSPS) is 18.0. The van der Waals surface area contributed by atoms with Gasteiger partial charge in [0.15, 0.2) is 0 Å². The molecule has 0 radical (unpaired) electrons. The number of nitrogens with zero attached hydrogens (tertiary/aromatic N) is 7. The highest BCUT2D eigenvalue weighted by atomic mass is 35.5. The fourth-order valence-corrected chi connectivity index (χ4v) is 9.02. The Labute approximate surface area is 351 Å². The summed E-state index contributed by atoms with van der Waals surface area (Å²) in [4.78, 5) is 31.8. The Morgan fingerprint density at radius 1 is 0.915 bits per heavy atom. The summed E-state index contributed by atoms with van der Waals surface area (Å²) in [5, 5.41) is 12.5. The van der Waals surface area contributed by atoms with Crippen molar-refractivity contribution in [3.8, 4) is 17.8 Å². The van der Waals surface area contributed by atoms with Crippen molar-refractivity contribution in [1.82, 2.24) is 19.8 Å². The number of hydrogen-bond acceptors (Lipinski definition) is 9. The SMILES string of the molecule is C=CC(=O)N1CCN(c2nc(OC[C@@H]3CCCN3CCc3ccc(OCc4cccc(C=C)c4)cc3)nc3c2CCN(c2cccc4cccc(Cl)c24)C3)C[C@@H]1CC#N. The zero-order chi connectivity index (χ0) is 40.7. The first-order chi connectivity index (χ1) is 28.9. The molecule has 4 aromatic carbocycles. The molecule has 0 aliphatic carbocycles. The van der Waals surface area contributed by atoms with Crippen LogP contribution < -0.4 is 19.3 Å². The van der Waals surface area contributed by atoms with E-state index in [-0.39, 0.29) is 24.4 Å². The molecule has 302 valence electrons. The molecule has 59 heavy (non-hydrogen) atoms. The molecule has 0 spiro atoms. The Hall–Kier alpha value is -5.89. The van der Waals surface area contributed by atoms with Gasteiger partial charge in [0.05, 0.1) is 35.8 Å². The van der Waals surface area contributed by atoms with Gasteiger partial charge in [-0.3, -0.25) is 9.69 Å². The highest BCUT2D eigenvalue weighted by Gasteiger charge is 2.34. The van der Waals surface area contributed by atoms with Crippen LogP contribution in [0.3, 0.4) is 0 Å². The lowest BCUT2D eigenvalue weighted by Gasteiger charge is -2.42. The molecule has 1 aromatic heterocycles. The number of likely N-dealkylation sites (tertiary alicyclic amines) is 1. The maximum atomic E-state index is 12.7. The third-order valence-corrected chi connectivity index (χ3v) is 12.2. The number of carbonyl (C=O) groups excluding carboxylic acids is 1. The molecule has 0 bridgehead atoms.